The van der Waals surface area contributed by atoms with Crippen molar-refractivity contribution in [2.45, 2.75) is 9.79 Å². The third-order valence-electron chi connectivity index (χ3n) is 3.33. The molecule has 0 aliphatic carbocycles. The van der Waals surface area contributed by atoms with Crippen LogP contribution in [0.4, 0.5) is 0 Å². The maximum absolute atomic E-state index is 12.8. The Morgan fingerprint density at radius 3 is 2.50 bits per heavy atom. The lowest BCUT2D eigenvalue weighted by Crippen LogP contribution is -2.11. The first-order chi connectivity index (χ1) is 10.6. The Hall–Kier alpha value is -1.63. The van der Waals surface area contributed by atoms with E-state index in [1.807, 2.05) is 0 Å². The largest absolute Gasteiger partial charge is 0.497 e. The van der Waals surface area contributed by atoms with Crippen LogP contribution in [0.5, 0.6) is 5.75 Å². The Balaban J connectivity index is 2.31. The van der Waals surface area contributed by atoms with Gasteiger partial charge < -0.3 is 4.74 Å². The Bertz CT molecular complexity index is 921. The molecule has 4 nitrogen and oxygen atoms in total. The third kappa shape index (κ3) is 2.47. The SMILES string of the molecule is COc1ccc2c(SCl)cn(S(=O)(=O)c3ccccc3)c2c1. The van der Waals surface area contributed by atoms with Crippen molar-refractivity contribution in [1.29, 1.82) is 0 Å². The summed E-state index contributed by atoms with van der Waals surface area (Å²) in [5, 5.41) is 0.764. The van der Waals surface area contributed by atoms with E-state index in [0.29, 0.717) is 16.2 Å². The molecular formula is C15H12ClNO3S2. The molecule has 1 aromatic heterocycles. The van der Waals surface area contributed by atoms with Gasteiger partial charge in [0.2, 0.25) is 0 Å². The van der Waals surface area contributed by atoms with Crippen LogP contribution in [-0.2, 0) is 10.0 Å². The second kappa shape index (κ2) is 5.87. The van der Waals surface area contributed by atoms with Gasteiger partial charge in [0, 0.05) is 17.6 Å². The number of ether oxygens (including phenoxy) is 1. The molecule has 0 aliphatic heterocycles. The number of benzene rings is 2. The minimum atomic E-state index is -3.69. The van der Waals surface area contributed by atoms with Crippen LogP contribution in [0.25, 0.3) is 10.9 Å². The fourth-order valence-corrected chi connectivity index (χ4v) is 4.46. The second-order valence-electron chi connectivity index (χ2n) is 4.57. The van der Waals surface area contributed by atoms with Gasteiger partial charge in [0.25, 0.3) is 10.0 Å². The molecule has 114 valence electrons. The van der Waals surface area contributed by atoms with E-state index in [2.05, 4.69) is 0 Å². The van der Waals surface area contributed by atoms with E-state index in [-0.39, 0.29) is 4.90 Å². The molecule has 0 saturated carbocycles. The molecule has 3 aromatic rings. The van der Waals surface area contributed by atoms with Gasteiger partial charge in [-0.2, -0.15) is 0 Å². The summed E-state index contributed by atoms with van der Waals surface area (Å²) in [6.07, 6.45) is 1.53. The van der Waals surface area contributed by atoms with E-state index in [4.69, 9.17) is 15.4 Å². The molecule has 2 aromatic carbocycles. The zero-order chi connectivity index (χ0) is 15.7. The third-order valence-corrected chi connectivity index (χ3v) is 6.00. The maximum atomic E-state index is 12.8. The van der Waals surface area contributed by atoms with Crippen LogP contribution < -0.4 is 4.74 Å². The number of fused-ring (bicyclic) bond motifs is 1. The van der Waals surface area contributed by atoms with Crippen molar-refractivity contribution in [2.75, 3.05) is 7.11 Å². The summed E-state index contributed by atoms with van der Waals surface area (Å²) < 4.78 is 32.1. The van der Waals surface area contributed by atoms with Crippen molar-refractivity contribution < 1.29 is 13.2 Å². The van der Waals surface area contributed by atoms with Crippen LogP contribution in [0.3, 0.4) is 0 Å². The Morgan fingerprint density at radius 1 is 1.14 bits per heavy atom. The molecule has 0 N–H and O–H groups in total. The molecule has 0 atom stereocenters. The fraction of sp³-hybridized carbons (Fsp3) is 0.0667. The molecule has 0 radical (unpaired) electrons. The average molecular weight is 354 g/mol. The van der Waals surface area contributed by atoms with Crippen molar-refractivity contribution in [3.8, 4) is 5.75 Å². The highest BCUT2D eigenvalue weighted by atomic mass is 35.7. The lowest BCUT2D eigenvalue weighted by molar-refractivity contribution is 0.415. The molecular weight excluding hydrogens is 342 g/mol. The molecule has 0 unspecified atom stereocenters. The van der Waals surface area contributed by atoms with E-state index in [0.717, 1.165) is 16.4 Å². The van der Waals surface area contributed by atoms with Crippen molar-refractivity contribution in [2.24, 2.45) is 0 Å². The number of nitrogens with zero attached hydrogens (tertiary/aromatic N) is 1. The first-order valence-corrected chi connectivity index (χ1v) is 9.44. The van der Waals surface area contributed by atoms with Crippen LogP contribution in [0, 0.1) is 0 Å². The summed E-state index contributed by atoms with van der Waals surface area (Å²) in [6, 6.07) is 13.5. The van der Waals surface area contributed by atoms with Crippen LogP contribution in [0.15, 0.2) is 64.5 Å². The molecule has 0 aliphatic rings. The summed E-state index contributed by atoms with van der Waals surface area (Å²) in [7, 11) is 4.70. The zero-order valence-electron chi connectivity index (χ0n) is 11.6. The van der Waals surface area contributed by atoms with Gasteiger partial charge in [-0.3, -0.25) is 0 Å². The smallest absolute Gasteiger partial charge is 0.268 e. The molecule has 0 fully saturated rings. The Labute approximate surface area is 137 Å². The number of rotatable bonds is 4. The first-order valence-electron chi connectivity index (χ1n) is 6.36. The quantitative estimate of drug-likeness (QED) is 0.707. The van der Waals surface area contributed by atoms with Gasteiger partial charge >= 0.3 is 0 Å². The van der Waals surface area contributed by atoms with Gasteiger partial charge in [-0.05, 0) is 45.9 Å². The summed E-state index contributed by atoms with van der Waals surface area (Å²) >= 11 is 0. The van der Waals surface area contributed by atoms with Gasteiger partial charge in [0.15, 0.2) is 0 Å². The standard InChI is InChI=1S/C15H12ClNO3S2/c1-20-11-7-8-13-14(9-11)17(10-15(13)21-16)22(18,19)12-5-3-2-4-6-12/h2-10H,1H3. The highest BCUT2D eigenvalue weighted by molar-refractivity contribution is 8.21. The molecule has 0 saturated heterocycles. The molecule has 3 rings (SSSR count). The van der Waals surface area contributed by atoms with Crippen LogP contribution in [0.1, 0.15) is 0 Å². The fourth-order valence-electron chi connectivity index (χ4n) is 2.24. The van der Waals surface area contributed by atoms with Crippen molar-refractivity contribution in [1.82, 2.24) is 3.97 Å². The molecule has 0 bridgehead atoms. The predicted molar refractivity (Wildman–Crippen MR) is 89.2 cm³/mol. The average Bonchev–Trinajstić information content (AvgIpc) is 2.94. The van der Waals surface area contributed by atoms with E-state index in [9.17, 15) is 8.42 Å². The molecule has 1 heterocycles. The van der Waals surface area contributed by atoms with Gasteiger partial charge in [-0.1, -0.05) is 18.2 Å². The van der Waals surface area contributed by atoms with E-state index < -0.39 is 10.0 Å². The topological polar surface area (TPSA) is 48.3 Å². The van der Waals surface area contributed by atoms with E-state index in [1.165, 1.54) is 17.3 Å². The lowest BCUT2D eigenvalue weighted by Gasteiger charge is -2.08. The van der Waals surface area contributed by atoms with Gasteiger partial charge in [-0.25, -0.2) is 12.4 Å². The second-order valence-corrected chi connectivity index (χ2v) is 7.44. The number of aromatic nitrogens is 1. The monoisotopic (exact) mass is 353 g/mol. The molecule has 22 heavy (non-hydrogen) atoms. The number of hydrogen-bond donors (Lipinski definition) is 0. The molecule has 7 heteroatoms. The number of hydrogen-bond acceptors (Lipinski definition) is 4. The number of halogens is 1. The van der Waals surface area contributed by atoms with Crippen LogP contribution >= 0.6 is 21.7 Å². The maximum Gasteiger partial charge on any atom is 0.268 e. The summed E-state index contributed by atoms with van der Waals surface area (Å²) in [6.45, 7) is 0. The Morgan fingerprint density at radius 2 is 1.86 bits per heavy atom. The van der Waals surface area contributed by atoms with Gasteiger partial charge in [0.1, 0.15) is 5.75 Å². The highest BCUT2D eigenvalue weighted by Gasteiger charge is 2.21. The highest BCUT2D eigenvalue weighted by Crippen LogP contribution is 2.35. The van der Waals surface area contributed by atoms with Crippen molar-refractivity contribution in [3.63, 3.8) is 0 Å². The van der Waals surface area contributed by atoms with Gasteiger partial charge in [0.05, 0.1) is 22.4 Å². The van der Waals surface area contributed by atoms with Crippen molar-refractivity contribution in [3.05, 3.63) is 54.7 Å². The first kappa shape index (κ1) is 15.3. The minimum Gasteiger partial charge on any atom is -0.497 e. The summed E-state index contributed by atoms with van der Waals surface area (Å²) in [4.78, 5) is 0.902. The summed E-state index contributed by atoms with van der Waals surface area (Å²) in [5.41, 5.74) is 0.534. The van der Waals surface area contributed by atoms with E-state index in [1.54, 1.807) is 48.5 Å². The summed E-state index contributed by atoms with van der Waals surface area (Å²) in [5.74, 6) is 0.584. The lowest BCUT2D eigenvalue weighted by atomic mass is 10.2. The molecule has 0 amide bonds. The zero-order valence-corrected chi connectivity index (χ0v) is 14.0. The molecule has 0 spiro atoms. The Kier molecular flexibility index (Phi) is 4.08. The van der Waals surface area contributed by atoms with Crippen LogP contribution in [0.2, 0.25) is 0 Å². The van der Waals surface area contributed by atoms with Crippen molar-refractivity contribution >= 4 is 42.6 Å². The van der Waals surface area contributed by atoms with Crippen LogP contribution in [-0.4, -0.2) is 19.5 Å². The van der Waals surface area contributed by atoms with Gasteiger partial charge in [-0.15, -0.1) is 0 Å². The number of methoxy groups -OCH3 is 1. The predicted octanol–water partition coefficient (Wildman–Crippen LogP) is 4.13. The minimum absolute atomic E-state index is 0.223. The normalized spacial score (nSPS) is 11.7. The van der Waals surface area contributed by atoms with E-state index >= 15 is 0 Å².